The maximum Gasteiger partial charge on any atom is 0.498 e. The molecule has 0 bridgehead atoms. The van der Waals surface area contributed by atoms with Gasteiger partial charge in [-0.2, -0.15) is 4.39 Å². The molecule has 1 aliphatic rings. The summed E-state index contributed by atoms with van der Waals surface area (Å²) in [4.78, 5) is 6.57. The van der Waals surface area contributed by atoms with Gasteiger partial charge in [-0.25, -0.2) is 9.97 Å². The van der Waals surface area contributed by atoms with Gasteiger partial charge >= 0.3 is 13.2 Å². The van der Waals surface area contributed by atoms with Crippen molar-refractivity contribution in [1.82, 2.24) is 9.97 Å². The van der Waals surface area contributed by atoms with Gasteiger partial charge in [0.15, 0.2) is 0 Å². The summed E-state index contributed by atoms with van der Waals surface area (Å²) < 4.78 is 39.4. The summed E-state index contributed by atoms with van der Waals surface area (Å²) in [6, 6.07) is 0. The van der Waals surface area contributed by atoms with E-state index < -0.39 is 24.4 Å². The van der Waals surface area contributed by atoms with E-state index >= 15 is 0 Å². The fourth-order valence-electron chi connectivity index (χ4n) is 1.33. The first-order valence-corrected chi connectivity index (χ1v) is 5.00. The van der Waals surface area contributed by atoms with Gasteiger partial charge in [0.2, 0.25) is 0 Å². The van der Waals surface area contributed by atoms with Gasteiger partial charge in [0, 0.05) is 17.8 Å². The normalized spacial score (nSPS) is 24.2. The SMILES string of the molecule is [2H]c1nc(F)nc([2H])c1B1OC(C)(C)C(C)(C)O1. The van der Waals surface area contributed by atoms with Gasteiger partial charge in [-0.05, 0) is 27.7 Å². The summed E-state index contributed by atoms with van der Waals surface area (Å²) in [5.74, 6) is 0. The Kier molecular flexibility index (Phi) is 1.98. The standard InChI is InChI=1S/C10H14BFN2O2/c1-9(2)10(3,4)16-11(15-9)7-5-13-8(12)14-6-7/h5-6H,1-4H3/i5D,6D. The third kappa shape index (κ3) is 1.83. The Balaban J connectivity index is 2.42. The van der Waals surface area contributed by atoms with Gasteiger partial charge < -0.3 is 9.31 Å². The van der Waals surface area contributed by atoms with Crippen molar-refractivity contribution < 1.29 is 16.4 Å². The van der Waals surface area contributed by atoms with Crippen LogP contribution in [0, 0.1) is 6.08 Å². The van der Waals surface area contributed by atoms with Gasteiger partial charge in [0.25, 0.3) is 0 Å². The lowest BCUT2D eigenvalue weighted by atomic mass is 9.81. The van der Waals surface area contributed by atoms with Crippen LogP contribution in [-0.2, 0) is 9.31 Å². The highest BCUT2D eigenvalue weighted by molar-refractivity contribution is 6.61. The molecule has 2 heterocycles. The van der Waals surface area contributed by atoms with Crippen molar-refractivity contribution in [2.75, 3.05) is 0 Å². The van der Waals surface area contributed by atoms with Gasteiger partial charge in [0.05, 0.1) is 13.9 Å². The first kappa shape index (κ1) is 9.07. The number of nitrogens with zero attached hydrogens (tertiary/aromatic N) is 2. The molecule has 1 aromatic rings. The predicted octanol–water partition coefficient (Wildman–Crippen LogP) is 0.915. The maximum atomic E-state index is 12.9. The third-order valence-electron chi connectivity index (χ3n) is 3.03. The molecule has 86 valence electrons. The Hall–Kier alpha value is -1.01. The molecule has 0 saturated carbocycles. The van der Waals surface area contributed by atoms with E-state index in [0.717, 1.165) is 0 Å². The molecule has 0 aliphatic carbocycles. The van der Waals surface area contributed by atoms with Gasteiger partial charge in [0.1, 0.15) is 0 Å². The number of hydrogen-bond donors (Lipinski definition) is 0. The van der Waals surface area contributed by atoms with Crippen LogP contribution in [0.25, 0.3) is 0 Å². The zero-order chi connectivity index (χ0) is 13.7. The van der Waals surface area contributed by atoms with E-state index in [4.69, 9.17) is 12.1 Å². The molecule has 0 aromatic carbocycles. The van der Waals surface area contributed by atoms with E-state index in [1.165, 1.54) is 0 Å². The highest BCUT2D eigenvalue weighted by atomic mass is 19.1. The van der Waals surface area contributed by atoms with E-state index in [-0.39, 0.29) is 17.8 Å². The second kappa shape index (κ2) is 3.50. The lowest BCUT2D eigenvalue weighted by molar-refractivity contribution is 0.00578. The van der Waals surface area contributed by atoms with Crippen molar-refractivity contribution in [2.45, 2.75) is 38.9 Å². The van der Waals surface area contributed by atoms with Crippen LogP contribution in [0.3, 0.4) is 0 Å². The zero-order valence-electron chi connectivity index (χ0n) is 11.7. The molecule has 16 heavy (non-hydrogen) atoms. The van der Waals surface area contributed by atoms with Gasteiger partial charge in [-0.3, -0.25) is 0 Å². The number of halogens is 1. The number of hydrogen-bond acceptors (Lipinski definition) is 4. The highest BCUT2D eigenvalue weighted by Crippen LogP contribution is 2.36. The fourth-order valence-corrected chi connectivity index (χ4v) is 1.33. The molecule has 0 spiro atoms. The highest BCUT2D eigenvalue weighted by Gasteiger charge is 2.51. The lowest BCUT2D eigenvalue weighted by Crippen LogP contribution is -2.41. The van der Waals surface area contributed by atoms with Crippen molar-refractivity contribution in [1.29, 1.82) is 0 Å². The van der Waals surface area contributed by atoms with Crippen LogP contribution in [0.4, 0.5) is 4.39 Å². The van der Waals surface area contributed by atoms with Crippen LogP contribution >= 0.6 is 0 Å². The van der Waals surface area contributed by atoms with Crippen LogP contribution in [0.1, 0.15) is 30.4 Å². The molecule has 4 nitrogen and oxygen atoms in total. The second-order valence-electron chi connectivity index (χ2n) is 4.72. The minimum atomic E-state index is -1.09. The summed E-state index contributed by atoms with van der Waals surface area (Å²) in [5, 5.41) is 0. The molecule has 0 amide bonds. The summed E-state index contributed by atoms with van der Waals surface area (Å²) in [6.07, 6.45) is -1.86. The minimum Gasteiger partial charge on any atom is -0.399 e. The first-order valence-electron chi connectivity index (χ1n) is 6.00. The van der Waals surface area contributed by atoms with E-state index in [1.54, 1.807) is 0 Å². The van der Waals surface area contributed by atoms with Crippen LogP contribution in [0.2, 0.25) is 0 Å². The average molecular weight is 226 g/mol. The molecule has 0 atom stereocenters. The molecule has 2 rings (SSSR count). The molecular weight excluding hydrogens is 210 g/mol. The Morgan fingerprint density at radius 2 is 1.62 bits per heavy atom. The second-order valence-corrected chi connectivity index (χ2v) is 4.72. The van der Waals surface area contributed by atoms with Crippen LogP contribution in [-0.4, -0.2) is 28.3 Å². The van der Waals surface area contributed by atoms with Crippen molar-refractivity contribution >= 4 is 12.6 Å². The van der Waals surface area contributed by atoms with Crippen molar-refractivity contribution in [3.05, 3.63) is 18.4 Å². The minimum absolute atomic E-state index is 0.0510. The molecule has 0 unspecified atom stereocenters. The average Bonchev–Trinajstić information content (AvgIpc) is 2.32. The molecule has 6 heteroatoms. The molecule has 1 aliphatic heterocycles. The van der Waals surface area contributed by atoms with E-state index in [0.29, 0.717) is 0 Å². The third-order valence-corrected chi connectivity index (χ3v) is 3.03. The molecule has 1 aromatic heterocycles. The Labute approximate surface area is 97.1 Å². The largest absolute Gasteiger partial charge is 0.498 e. The molecule has 0 radical (unpaired) electrons. The Morgan fingerprint density at radius 1 is 1.19 bits per heavy atom. The number of aromatic nitrogens is 2. The van der Waals surface area contributed by atoms with Crippen molar-refractivity contribution in [3.63, 3.8) is 0 Å². The van der Waals surface area contributed by atoms with Gasteiger partial charge in [-0.15, -0.1) is 0 Å². The van der Waals surface area contributed by atoms with Crippen LogP contribution in [0.15, 0.2) is 12.3 Å². The summed E-state index contributed by atoms with van der Waals surface area (Å²) >= 11 is 0. The van der Waals surface area contributed by atoms with E-state index in [2.05, 4.69) is 9.97 Å². The monoisotopic (exact) mass is 226 g/mol. The van der Waals surface area contributed by atoms with Crippen molar-refractivity contribution in [3.8, 4) is 0 Å². The van der Waals surface area contributed by atoms with Crippen molar-refractivity contribution in [2.24, 2.45) is 0 Å². The van der Waals surface area contributed by atoms with E-state index in [1.807, 2.05) is 27.7 Å². The summed E-state index contributed by atoms with van der Waals surface area (Å²) in [6.45, 7) is 7.41. The molecular formula is C10H14BFN2O2. The van der Waals surface area contributed by atoms with Crippen LogP contribution < -0.4 is 5.46 Å². The first-order chi connectivity index (χ1) is 8.14. The lowest BCUT2D eigenvalue weighted by Gasteiger charge is -2.32. The van der Waals surface area contributed by atoms with Gasteiger partial charge in [-0.1, -0.05) is 0 Å². The Bertz CT molecular complexity index is 460. The molecule has 1 fully saturated rings. The predicted molar refractivity (Wildman–Crippen MR) is 57.7 cm³/mol. The molecule has 1 saturated heterocycles. The summed E-state index contributed by atoms with van der Waals surface area (Å²) in [5.41, 5.74) is -1.13. The summed E-state index contributed by atoms with van der Waals surface area (Å²) in [7, 11) is -0.921. The quantitative estimate of drug-likeness (QED) is 0.527. The smallest absolute Gasteiger partial charge is 0.399 e. The Morgan fingerprint density at radius 3 is 2.06 bits per heavy atom. The number of rotatable bonds is 1. The van der Waals surface area contributed by atoms with Crippen LogP contribution in [0.5, 0.6) is 0 Å². The maximum absolute atomic E-state index is 12.9. The molecule has 0 N–H and O–H groups in total. The topological polar surface area (TPSA) is 44.2 Å². The fraction of sp³-hybridized carbons (Fsp3) is 0.600. The zero-order valence-corrected chi connectivity index (χ0v) is 9.67. The van der Waals surface area contributed by atoms with E-state index in [9.17, 15) is 4.39 Å².